The molecule has 1 saturated heterocycles. The molecule has 1 heterocycles. The molecule has 2 aromatic carbocycles. The molecule has 158 valence electrons. The van der Waals surface area contributed by atoms with Crippen molar-refractivity contribution in [3.8, 4) is 0 Å². The predicted octanol–water partition coefficient (Wildman–Crippen LogP) is 3.60. The number of benzene rings is 2. The minimum atomic E-state index is -3.52. The highest BCUT2D eigenvalue weighted by atomic mass is 32.2. The fourth-order valence-electron chi connectivity index (χ4n) is 3.36. The Kier molecular flexibility index (Phi) is 7.18. The highest BCUT2D eigenvalue weighted by Gasteiger charge is 2.31. The van der Waals surface area contributed by atoms with Crippen LogP contribution in [0.4, 0.5) is 0 Å². The van der Waals surface area contributed by atoms with E-state index >= 15 is 0 Å². The van der Waals surface area contributed by atoms with Crippen LogP contribution in [0.15, 0.2) is 70.2 Å². The van der Waals surface area contributed by atoms with Gasteiger partial charge in [-0.25, -0.2) is 13.8 Å². The summed E-state index contributed by atoms with van der Waals surface area (Å²) in [5.41, 5.74) is 5.58. The molecule has 7 heteroatoms. The Hall–Kier alpha value is -2.77. The second kappa shape index (κ2) is 9.82. The molecule has 3 rings (SSSR count). The number of amides is 1. The molecule has 0 radical (unpaired) electrons. The second-order valence-corrected chi connectivity index (χ2v) is 9.46. The van der Waals surface area contributed by atoms with Gasteiger partial charge < -0.3 is 0 Å². The minimum absolute atomic E-state index is 0.175. The molecule has 6 nitrogen and oxygen atoms in total. The average molecular weight is 426 g/mol. The number of nitrogens with one attached hydrogen (secondary N) is 1. The molecule has 1 fully saturated rings. The van der Waals surface area contributed by atoms with E-state index in [1.165, 1.54) is 4.31 Å². The van der Waals surface area contributed by atoms with Crippen molar-refractivity contribution in [3.63, 3.8) is 0 Å². The van der Waals surface area contributed by atoms with Gasteiger partial charge in [-0.1, -0.05) is 54.1 Å². The molecule has 0 aromatic heterocycles. The molecule has 0 atom stereocenters. The Morgan fingerprint density at radius 1 is 1.07 bits per heavy atom. The number of carbonyl (C=O) groups excluding carboxylic acids is 1. The van der Waals surface area contributed by atoms with Crippen LogP contribution >= 0.6 is 0 Å². The number of hydrogen-bond donors (Lipinski definition) is 1. The lowest BCUT2D eigenvalue weighted by Crippen LogP contribution is -2.42. The van der Waals surface area contributed by atoms with E-state index in [0.717, 1.165) is 16.7 Å². The van der Waals surface area contributed by atoms with Crippen molar-refractivity contribution in [1.82, 2.24) is 9.73 Å². The third kappa shape index (κ3) is 5.64. The number of nitrogens with zero attached hydrogens (tertiary/aromatic N) is 2. The van der Waals surface area contributed by atoms with Crippen molar-refractivity contribution in [2.45, 2.75) is 31.6 Å². The summed E-state index contributed by atoms with van der Waals surface area (Å²) in [5.74, 6) is -0.420. The van der Waals surface area contributed by atoms with Crippen LogP contribution in [0.25, 0.3) is 6.08 Å². The van der Waals surface area contributed by atoms with Crippen LogP contribution in [0.5, 0.6) is 0 Å². The Labute approximate surface area is 178 Å². The molecule has 0 unspecified atom stereocenters. The van der Waals surface area contributed by atoms with E-state index in [9.17, 15) is 13.2 Å². The molecule has 0 bridgehead atoms. The summed E-state index contributed by atoms with van der Waals surface area (Å²) < 4.78 is 27.0. The van der Waals surface area contributed by atoms with E-state index in [2.05, 4.69) is 10.5 Å². The number of sulfonamides is 1. The maximum atomic E-state index is 12.8. The van der Waals surface area contributed by atoms with E-state index in [1.807, 2.05) is 50.3 Å². The first-order chi connectivity index (χ1) is 14.4. The molecular formula is C23H27N3O3S. The summed E-state index contributed by atoms with van der Waals surface area (Å²) >= 11 is 0. The van der Waals surface area contributed by atoms with Gasteiger partial charge in [0.15, 0.2) is 0 Å². The number of hydrazone groups is 1. The third-order valence-corrected chi connectivity index (χ3v) is 7.03. The summed E-state index contributed by atoms with van der Waals surface area (Å²) in [7, 11) is -3.52. The number of rotatable bonds is 6. The Bertz CT molecular complexity index is 1020. The van der Waals surface area contributed by atoms with Crippen LogP contribution in [-0.4, -0.2) is 37.9 Å². The molecule has 1 aliphatic rings. The van der Waals surface area contributed by atoms with Gasteiger partial charge in [-0.05, 0) is 50.0 Å². The molecule has 0 aliphatic carbocycles. The maximum Gasteiger partial charge on any atom is 0.243 e. The third-order valence-electron chi connectivity index (χ3n) is 5.12. The van der Waals surface area contributed by atoms with Crippen LogP contribution in [0.1, 0.15) is 30.9 Å². The zero-order valence-corrected chi connectivity index (χ0v) is 18.1. The lowest BCUT2D eigenvalue weighted by Gasteiger charge is -2.30. The molecule has 0 saturated carbocycles. The smallest absolute Gasteiger partial charge is 0.243 e. The molecule has 30 heavy (non-hydrogen) atoms. The molecule has 1 amide bonds. The lowest BCUT2D eigenvalue weighted by atomic mass is 9.98. The second-order valence-electron chi connectivity index (χ2n) is 7.52. The van der Waals surface area contributed by atoms with E-state index in [1.54, 1.807) is 30.5 Å². The average Bonchev–Trinajstić information content (AvgIpc) is 2.75. The number of piperidine rings is 1. The normalized spacial score (nSPS) is 16.7. The van der Waals surface area contributed by atoms with E-state index in [4.69, 9.17) is 0 Å². The fraction of sp³-hybridized carbons (Fsp3) is 0.304. The van der Waals surface area contributed by atoms with Crippen molar-refractivity contribution < 1.29 is 13.2 Å². The van der Waals surface area contributed by atoms with E-state index in [-0.39, 0.29) is 11.8 Å². The van der Waals surface area contributed by atoms with Gasteiger partial charge in [-0.3, -0.25) is 4.79 Å². The monoisotopic (exact) mass is 425 g/mol. The van der Waals surface area contributed by atoms with Crippen molar-refractivity contribution >= 4 is 28.2 Å². The first kappa shape index (κ1) is 21.9. The van der Waals surface area contributed by atoms with Crippen LogP contribution in [0.3, 0.4) is 0 Å². The van der Waals surface area contributed by atoms with Gasteiger partial charge in [0, 0.05) is 19.0 Å². The number of hydrogen-bond acceptors (Lipinski definition) is 4. The van der Waals surface area contributed by atoms with Gasteiger partial charge in [0.1, 0.15) is 0 Å². The maximum absolute atomic E-state index is 12.8. The zero-order chi connectivity index (χ0) is 21.6. The van der Waals surface area contributed by atoms with E-state index in [0.29, 0.717) is 30.8 Å². The quantitative estimate of drug-likeness (QED) is 0.567. The van der Waals surface area contributed by atoms with Gasteiger partial charge in [0.25, 0.3) is 0 Å². The van der Waals surface area contributed by atoms with Gasteiger partial charge in [0.2, 0.25) is 15.9 Å². The van der Waals surface area contributed by atoms with Gasteiger partial charge >= 0.3 is 0 Å². The first-order valence-corrected chi connectivity index (χ1v) is 11.4. The van der Waals surface area contributed by atoms with Crippen LogP contribution in [0.2, 0.25) is 0 Å². The lowest BCUT2D eigenvalue weighted by molar-refractivity contribution is -0.126. The molecule has 1 aliphatic heterocycles. The SMILES string of the molecule is CC(C=NNC(=O)C1CCN(S(=O)(=O)c2ccc(C)cc2)CC1)=Cc1ccccc1. The highest BCUT2D eigenvalue weighted by Crippen LogP contribution is 2.24. The Balaban J connectivity index is 1.51. The van der Waals surface area contributed by atoms with Crippen LogP contribution in [-0.2, 0) is 14.8 Å². The predicted molar refractivity (Wildman–Crippen MR) is 119 cm³/mol. The fourth-order valence-corrected chi connectivity index (χ4v) is 4.83. The number of allylic oxidation sites excluding steroid dienone is 1. The number of aryl methyl sites for hydroxylation is 1. The minimum Gasteiger partial charge on any atom is -0.273 e. The summed E-state index contributed by atoms with van der Waals surface area (Å²) in [6.07, 6.45) is 4.54. The summed E-state index contributed by atoms with van der Waals surface area (Å²) in [6.45, 7) is 4.48. The van der Waals surface area contributed by atoms with Gasteiger partial charge in [-0.2, -0.15) is 9.41 Å². The van der Waals surface area contributed by atoms with Crippen molar-refractivity contribution in [3.05, 3.63) is 71.3 Å². The van der Waals surface area contributed by atoms with Gasteiger partial charge in [0.05, 0.1) is 11.1 Å². The molecule has 1 N–H and O–H groups in total. The first-order valence-electron chi connectivity index (χ1n) is 9.99. The number of carbonyl (C=O) groups is 1. The Morgan fingerprint density at radius 2 is 1.70 bits per heavy atom. The van der Waals surface area contributed by atoms with E-state index < -0.39 is 10.0 Å². The van der Waals surface area contributed by atoms with Gasteiger partial charge in [-0.15, -0.1) is 0 Å². The van der Waals surface area contributed by atoms with Crippen molar-refractivity contribution in [2.75, 3.05) is 13.1 Å². The summed E-state index contributed by atoms with van der Waals surface area (Å²) in [5, 5.41) is 4.04. The van der Waals surface area contributed by atoms with Crippen LogP contribution < -0.4 is 5.43 Å². The molecular weight excluding hydrogens is 398 g/mol. The standard InChI is InChI=1S/C23H27N3O3S/c1-18-8-10-22(11-9-18)30(28,29)26-14-12-21(13-15-26)23(27)25-24-17-19(2)16-20-6-4-3-5-7-20/h3-11,16-17,21H,12-15H2,1-2H3,(H,25,27). The molecule has 0 spiro atoms. The summed E-state index contributed by atoms with van der Waals surface area (Å²) in [4.78, 5) is 12.7. The topological polar surface area (TPSA) is 78.8 Å². The largest absolute Gasteiger partial charge is 0.273 e. The zero-order valence-electron chi connectivity index (χ0n) is 17.3. The highest BCUT2D eigenvalue weighted by molar-refractivity contribution is 7.89. The Morgan fingerprint density at radius 3 is 2.33 bits per heavy atom. The molecule has 2 aromatic rings. The van der Waals surface area contributed by atoms with Crippen LogP contribution in [0, 0.1) is 12.8 Å². The van der Waals surface area contributed by atoms with Crippen molar-refractivity contribution in [1.29, 1.82) is 0 Å². The summed E-state index contributed by atoms with van der Waals surface area (Å²) in [6, 6.07) is 16.7. The van der Waals surface area contributed by atoms with Crippen molar-refractivity contribution in [2.24, 2.45) is 11.0 Å².